The second kappa shape index (κ2) is 6.32. The van der Waals surface area contributed by atoms with E-state index in [-0.39, 0.29) is 0 Å². The molecule has 3 unspecified atom stereocenters. The van der Waals surface area contributed by atoms with E-state index < -0.39 is 0 Å². The highest BCUT2D eigenvalue weighted by atomic mass is 16.5. The molecular weight excluding hydrogens is 224 g/mol. The predicted molar refractivity (Wildman–Crippen MR) is 74.7 cm³/mol. The maximum atomic E-state index is 5.42. The van der Waals surface area contributed by atoms with Crippen molar-refractivity contribution in [3.63, 3.8) is 0 Å². The minimum atomic E-state index is 0.364. The molecule has 100 valence electrons. The van der Waals surface area contributed by atoms with Gasteiger partial charge in [0.05, 0.1) is 12.6 Å². The van der Waals surface area contributed by atoms with Gasteiger partial charge in [0.1, 0.15) is 0 Å². The first-order valence-corrected chi connectivity index (χ1v) is 6.74. The molecular formula is C15H24N2O. The third-order valence-electron chi connectivity index (χ3n) is 3.54. The van der Waals surface area contributed by atoms with Crippen molar-refractivity contribution in [2.24, 2.45) is 0 Å². The van der Waals surface area contributed by atoms with Crippen LogP contribution in [0.4, 0.5) is 0 Å². The lowest BCUT2D eigenvalue weighted by Gasteiger charge is -2.40. The van der Waals surface area contributed by atoms with Crippen LogP contribution in [-0.4, -0.2) is 43.8 Å². The molecule has 1 saturated heterocycles. The number of piperazine rings is 1. The second-order valence-corrected chi connectivity index (χ2v) is 5.30. The van der Waals surface area contributed by atoms with E-state index in [2.05, 4.69) is 54.4 Å². The van der Waals surface area contributed by atoms with Crippen molar-refractivity contribution in [3.8, 4) is 0 Å². The fraction of sp³-hybridized carbons (Fsp3) is 0.600. The Labute approximate surface area is 110 Å². The number of nitrogens with one attached hydrogen (secondary N) is 1. The molecule has 18 heavy (non-hydrogen) atoms. The molecule has 1 aromatic carbocycles. The molecule has 0 saturated carbocycles. The van der Waals surface area contributed by atoms with Crippen molar-refractivity contribution in [3.05, 3.63) is 35.9 Å². The number of methoxy groups -OCH3 is 1. The molecule has 3 heteroatoms. The summed E-state index contributed by atoms with van der Waals surface area (Å²) in [4.78, 5) is 2.53. The first kappa shape index (κ1) is 13.5. The lowest BCUT2D eigenvalue weighted by Crippen LogP contribution is -2.55. The highest BCUT2D eigenvalue weighted by Gasteiger charge is 2.27. The van der Waals surface area contributed by atoms with Gasteiger partial charge in [0.15, 0.2) is 0 Å². The molecule has 1 heterocycles. The highest BCUT2D eigenvalue weighted by Crippen LogP contribution is 2.23. The first-order valence-electron chi connectivity index (χ1n) is 6.74. The van der Waals surface area contributed by atoms with Crippen molar-refractivity contribution in [2.75, 3.05) is 26.8 Å². The molecule has 0 spiro atoms. The van der Waals surface area contributed by atoms with Gasteiger partial charge in [0.25, 0.3) is 0 Å². The number of ether oxygens (including phenoxy) is 1. The maximum absolute atomic E-state index is 5.42. The van der Waals surface area contributed by atoms with Gasteiger partial charge in [-0.15, -0.1) is 0 Å². The number of nitrogens with zero attached hydrogens (tertiary/aromatic N) is 1. The number of benzene rings is 1. The zero-order chi connectivity index (χ0) is 13.0. The molecule has 1 aliphatic rings. The third-order valence-corrected chi connectivity index (χ3v) is 3.54. The summed E-state index contributed by atoms with van der Waals surface area (Å²) < 4.78 is 5.42. The molecule has 3 atom stereocenters. The van der Waals surface area contributed by atoms with Gasteiger partial charge >= 0.3 is 0 Å². The lowest BCUT2D eigenvalue weighted by atomic mass is 10.0. The Morgan fingerprint density at radius 2 is 1.83 bits per heavy atom. The zero-order valence-electron chi connectivity index (χ0n) is 11.6. The van der Waals surface area contributed by atoms with Crippen LogP contribution in [0, 0.1) is 0 Å². The summed E-state index contributed by atoms with van der Waals surface area (Å²) in [6, 6.07) is 12.1. The normalized spacial score (nSPS) is 27.1. The van der Waals surface area contributed by atoms with Gasteiger partial charge in [-0.25, -0.2) is 0 Å². The predicted octanol–water partition coefficient (Wildman–Crippen LogP) is 2.06. The van der Waals surface area contributed by atoms with Gasteiger partial charge in [0.2, 0.25) is 0 Å². The van der Waals surface area contributed by atoms with Crippen molar-refractivity contribution >= 4 is 0 Å². The summed E-state index contributed by atoms with van der Waals surface area (Å²) >= 11 is 0. The average molecular weight is 248 g/mol. The number of hydrogen-bond donors (Lipinski definition) is 1. The van der Waals surface area contributed by atoms with Gasteiger partial charge in [-0.1, -0.05) is 30.3 Å². The molecule has 0 bridgehead atoms. The van der Waals surface area contributed by atoms with Crippen molar-refractivity contribution in [1.82, 2.24) is 10.2 Å². The standard InChI is InChI=1S/C15H24N2O/c1-12-9-17(10-13(2)16-12)15(11-18-3)14-7-5-4-6-8-14/h4-8,12-13,15-16H,9-11H2,1-3H3. The Kier molecular flexibility index (Phi) is 4.75. The summed E-state index contributed by atoms with van der Waals surface area (Å²) in [6.45, 7) is 7.40. The summed E-state index contributed by atoms with van der Waals surface area (Å²) in [7, 11) is 1.78. The number of hydrogen-bond acceptors (Lipinski definition) is 3. The zero-order valence-corrected chi connectivity index (χ0v) is 11.6. The summed E-state index contributed by atoms with van der Waals surface area (Å²) in [6.07, 6.45) is 0. The SMILES string of the molecule is COCC(c1ccccc1)N1CC(C)NC(C)C1. The Balaban J connectivity index is 2.14. The van der Waals surface area contributed by atoms with E-state index in [4.69, 9.17) is 4.74 Å². The van der Waals surface area contributed by atoms with Crippen LogP contribution in [0.1, 0.15) is 25.5 Å². The minimum Gasteiger partial charge on any atom is -0.383 e. The first-order chi connectivity index (χ1) is 8.70. The molecule has 3 nitrogen and oxygen atoms in total. The van der Waals surface area contributed by atoms with Crippen LogP contribution >= 0.6 is 0 Å². The molecule has 1 fully saturated rings. The van der Waals surface area contributed by atoms with E-state index in [1.165, 1.54) is 5.56 Å². The van der Waals surface area contributed by atoms with Crippen molar-refractivity contribution in [1.29, 1.82) is 0 Å². The van der Waals surface area contributed by atoms with E-state index in [0.717, 1.165) is 19.7 Å². The Morgan fingerprint density at radius 3 is 2.39 bits per heavy atom. The summed E-state index contributed by atoms with van der Waals surface area (Å²) in [5.74, 6) is 0. The van der Waals surface area contributed by atoms with Gasteiger partial charge in [-0.05, 0) is 19.4 Å². The van der Waals surface area contributed by atoms with Gasteiger partial charge < -0.3 is 10.1 Å². The van der Waals surface area contributed by atoms with Crippen molar-refractivity contribution < 1.29 is 4.74 Å². The molecule has 0 aliphatic carbocycles. The van der Waals surface area contributed by atoms with Crippen LogP contribution in [0.15, 0.2) is 30.3 Å². The Hall–Kier alpha value is -0.900. The van der Waals surface area contributed by atoms with Crippen LogP contribution in [0.2, 0.25) is 0 Å². The van der Waals surface area contributed by atoms with Gasteiger partial charge in [-0.2, -0.15) is 0 Å². The van der Waals surface area contributed by atoms with Crippen molar-refractivity contribution in [2.45, 2.75) is 32.0 Å². The van der Waals surface area contributed by atoms with Crippen LogP contribution in [0.3, 0.4) is 0 Å². The van der Waals surface area contributed by atoms with Crippen LogP contribution in [0.25, 0.3) is 0 Å². The van der Waals surface area contributed by atoms with E-state index in [0.29, 0.717) is 18.1 Å². The topological polar surface area (TPSA) is 24.5 Å². The monoisotopic (exact) mass is 248 g/mol. The van der Waals surface area contributed by atoms with Crippen LogP contribution in [-0.2, 0) is 4.74 Å². The average Bonchev–Trinajstić information content (AvgIpc) is 2.36. The molecule has 2 rings (SSSR count). The summed E-state index contributed by atoms with van der Waals surface area (Å²) in [5, 5.41) is 3.58. The molecule has 0 aromatic heterocycles. The lowest BCUT2D eigenvalue weighted by molar-refractivity contribution is 0.0593. The second-order valence-electron chi connectivity index (χ2n) is 5.30. The molecule has 0 amide bonds. The van der Waals surface area contributed by atoms with Gasteiger partial charge in [-0.3, -0.25) is 4.90 Å². The van der Waals surface area contributed by atoms with Crippen LogP contribution < -0.4 is 5.32 Å². The maximum Gasteiger partial charge on any atom is 0.0659 e. The largest absolute Gasteiger partial charge is 0.383 e. The molecule has 1 N–H and O–H groups in total. The number of rotatable bonds is 4. The van der Waals surface area contributed by atoms with E-state index in [9.17, 15) is 0 Å². The minimum absolute atomic E-state index is 0.364. The van der Waals surface area contributed by atoms with E-state index in [1.54, 1.807) is 7.11 Å². The van der Waals surface area contributed by atoms with Gasteiger partial charge in [0, 0.05) is 32.3 Å². The smallest absolute Gasteiger partial charge is 0.0659 e. The quantitative estimate of drug-likeness (QED) is 0.882. The van der Waals surface area contributed by atoms with Crippen LogP contribution in [0.5, 0.6) is 0 Å². The molecule has 1 aromatic rings. The molecule has 1 aliphatic heterocycles. The summed E-state index contributed by atoms with van der Waals surface area (Å²) in [5.41, 5.74) is 1.35. The Morgan fingerprint density at radius 1 is 1.22 bits per heavy atom. The highest BCUT2D eigenvalue weighted by molar-refractivity contribution is 5.19. The van der Waals surface area contributed by atoms with E-state index >= 15 is 0 Å². The molecule has 0 radical (unpaired) electrons. The third kappa shape index (κ3) is 3.31. The fourth-order valence-electron chi connectivity index (χ4n) is 2.87. The van der Waals surface area contributed by atoms with E-state index in [1.807, 2.05) is 0 Å². The fourth-order valence-corrected chi connectivity index (χ4v) is 2.87. The Bertz CT molecular complexity index is 345.